The molecule has 6 heteroatoms. The van der Waals surface area contributed by atoms with Gasteiger partial charge >= 0.3 is 6.09 Å². The Morgan fingerprint density at radius 2 is 2.10 bits per heavy atom. The maximum Gasteiger partial charge on any atom is 0.416 e. The van der Waals surface area contributed by atoms with Crippen molar-refractivity contribution in [1.82, 2.24) is 4.90 Å². The van der Waals surface area contributed by atoms with Gasteiger partial charge in [-0.15, -0.1) is 11.8 Å². The SMILES string of the molecule is CSCCCS/C=C1\COC(C)(C)N1C(=O)OC(C)(C)C. The first-order chi connectivity index (χ1) is 9.67. The van der Waals surface area contributed by atoms with E-state index in [-0.39, 0.29) is 6.09 Å². The molecule has 0 aromatic rings. The van der Waals surface area contributed by atoms with Crippen LogP contribution >= 0.6 is 23.5 Å². The van der Waals surface area contributed by atoms with E-state index in [1.54, 1.807) is 16.7 Å². The van der Waals surface area contributed by atoms with Gasteiger partial charge in [-0.1, -0.05) is 0 Å². The fourth-order valence-electron chi connectivity index (χ4n) is 1.90. The summed E-state index contributed by atoms with van der Waals surface area (Å²) < 4.78 is 11.2. The van der Waals surface area contributed by atoms with Gasteiger partial charge in [-0.05, 0) is 64.2 Å². The zero-order valence-corrected chi connectivity index (χ0v) is 15.5. The van der Waals surface area contributed by atoms with E-state index in [1.165, 1.54) is 0 Å². The van der Waals surface area contributed by atoms with E-state index in [2.05, 4.69) is 6.26 Å². The van der Waals surface area contributed by atoms with Gasteiger partial charge in [0.15, 0.2) is 0 Å². The molecule has 0 radical (unpaired) electrons. The van der Waals surface area contributed by atoms with E-state index in [9.17, 15) is 4.79 Å². The van der Waals surface area contributed by atoms with Crippen molar-refractivity contribution in [1.29, 1.82) is 0 Å². The molecule has 4 nitrogen and oxygen atoms in total. The van der Waals surface area contributed by atoms with Crippen molar-refractivity contribution in [3.63, 3.8) is 0 Å². The lowest BCUT2D eigenvalue weighted by Gasteiger charge is -2.32. The number of carbonyl (C=O) groups excluding carboxylic acids is 1. The zero-order valence-electron chi connectivity index (χ0n) is 13.9. The lowest BCUT2D eigenvalue weighted by atomic mass is 10.2. The van der Waals surface area contributed by atoms with E-state index >= 15 is 0 Å². The molecule has 1 aliphatic rings. The van der Waals surface area contributed by atoms with Crippen LogP contribution in [0, 0.1) is 0 Å². The number of thioether (sulfide) groups is 2. The van der Waals surface area contributed by atoms with E-state index < -0.39 is 11.3 Å². The normalized spacial score (nSPS) is 20.1. The molecule has 122 valence electrons. The zero-order chi connectivity index (χ0) is 16.1. The number of ether oxygens (including phenoxy) is 2. The molecule has 0 spiro atoms. The third-order valence-corrected chi connectivity index (χ3v) is 4.47. The molecule has 1 aliphatic heterocycles. The van der Waals surface area contributed by atoms with Gasteiger partial charge in [-0.25, -0.2) is 9.69 Å². The predicted molar refractivity (Wildman–Crippen MR) is 91.6 cm³/mol. The molecule has 0 unspecified atom stereocenters. The average molecular weight is 334 g/mol. The smallest absolute Gasteiger partial charge is 0.416 e. The molecule has 0 aromatic heterocycles. The molecule has 0 saturated carbocycles. The van der Waals surface area contributed by atoms with E-state index in [0.717, 1.165) is 23.6 Å². The van der Waals surface area contributed by atoms with Gasteiger partial charge in [0.1, 0.15) is 11.3 Å². The summed E-state index contributed by atoms with van der Waals surface area (Å²) in [5, 5.41) is 2.03. The summed E-state index contributed by atoms with van der Waals surface area (Å²) >= 11 is 3.58. The molecule has 0 bridgehead atoms. The minimum atomic E-state index is -0.659. The topological polar surface area (TPSA) is 38.8 Å². The fourth-order valence-corrected chi connectivity index (χ4v) is 3.31. The lowest BCUT2D eigenvalue weighted by Crippen LogP contribution is -2.45. The van der Waals surface area contributed by atoms with Crippen molar-refractivity contribution < 1.29 is 14.3 Å². The van der Waals surface area contributed by atoms with Gasteiger partial charge in [-0.3, -0.25) is 0 Å². The molecule has 1 saturated heterocycles. The summed E-state index contributed by atoms with van der Waals surface area (Å²) in [6, 6.07) is 0. The second-order valence-corrected chi connectivity index (χ2v) is 8.34. The van der Waals surface area contributed by atoms with Crippen LogP contribution in [0.2, 0.25) is 0 Å². The second kappa shape index (κ2) is 7.79. The minimum Gasteiger partial charge on any atom is -0.443 e. The highest BCUT2D eigenvalue weighted by Gasteiger charge is 2.42. The first-order valence-corrected chi connectivity index (χ1v) is 9.58. The van der Waals surface area contributed by atoms with Crippen LogP contribution in [0.25, 0.3) is 0 Å². The molecule has 1 rings (SSSR count). The molecule has 1 heterocycles. The number of rotatable bonds is 5. The summed E-state index contributed by atoms with van der Waals surface area (Å²) in [5.74, 6) is 2.21. The monoisotopic (exact) mass is 333 g/mol. The summed E-state index contributed by atoms with van der Waals surface area (Å²) in [5.41, 5.74) is -0.288. The minimum absolute atomic E-state index is 0.346. The van der Waals surface area contributed by atoms with Gasteiger partial charge in [0.25, 0.3) is 0 Å². The van der Waals surface area contributed by atoms with Crippen molar-refractivity contribution in [2.45, 2.75) is 52.4 Å². The van der Waals surface area contributed by atoms with E-state index in [1.807, 2.05) is 51.8 Å². The Bertz CT molecular complexity index is 389. The average Bonchev–Trinajstić information content (AvgIpc) is 2.62. The summed E-state index contributed by atoms with van der Waals surface area (Å²) in [6.07, 6.45) is 2.92. The van der Waals surface area contributed by atoms with Gasteiger partial charge in [-0.2, -0.15) is 11.8 Å². The third kappa shape index (κ3) is 6.12. The maximum atomic E-state index is 12.4. The van der Waals surface area contributed by atoms with Crippen molar-refractivity contribution in [3.05, 3.63) is 11.1 Å². The Hall–Kier alpha value is -0.330. The molecule has 1 fully saturated rings. The van der Waals surface area contributed by atoms with Crippen LogP contribution in [-0.2, 0) is 9.47 Å². The van der Waals surface area contributed by atoms with Crippen molar-refractivity contribution in [2.75, 3.05) is 24.4 Å². The van der Waals surface area contributed by atoms with Crippen LogP contribution in [0.3, 0.4) is 0 Å². The quantitative estimate of drug-likeness (QED) is 0.701. The molecular formula is C15H27NO3S2. The number of carbonyl (C=O) groups is 1. The Morgan fingerprint density at radius 3 is 2.67 bits per heavy atom. The van der Waals surface area contributed by atoms with Crippen LogP contribution in [0.15, 0.2) is 11.1 Å². The summed E-state index contributed by atoms with van der Waals surface area (Å²) in [4.78, 5) is 14.0. The fraction of sp³-hybridized carbons (Fsp3) is 0.800. The van der Waals surface area contributed by atoms with Crippen molar-refractivity contribution in [2.24, 2.45) is 0 Å². The van der Waals surface area contributed by atoms with Crippen molar-refractivity contribution >= 4 is 29.6 Å². The third-order valence-electron chi connectivity index (χ3n) is 2.81. The number of nitrogens with zero attached hydrogens (tertiary/aromatic N) is 1. The maximum absolute atomic E-state index is 12.4. The van der Waals surface area contributed by atoms with Crippen molar-refractivity contribution in [3.8, 4) is 0 Å². The van der Waals surface area contributed by atoms with Gasteiger partial charge < -0.3 is 9.47 Å². The second-order valence-electron chi connectivity index (χ2n) is 6.38. The Balaban J connectivity index is 2.70. The Morgan fingerprint density at radius 1 is 1.43 bits per heavy atom. The van der Waals surface area contributed by atoms with Crippen LogP contribution in [0.1, 0.15) is 41.0 Å². The first kappa shape index (κ1) is 18.7. The molecular weight excluding hydrogens is 306 g/mol. The number of hydrogen-bond acceptors (Lipinski definition) is 5. The highest BCUT2D eigenvalue weighted by atomic mass is 32.2. The Labute approximate surface area is 137 Å². The van der Waals surface area contributed by atoms with Crippen LogP contribution in [0.4, 0.5) is 4.79 Å². The number of amides is 1. The predicted octanol–water partition coefficient (Wildman–Crippen LogP) is 4.32. The van der Waals surface area contributed by atoms with Gasteiger partial charge in [0.2, 0.25) is 0 Å². The highest BCUT2D eigenvalue weighted by Crippen LogP contribution is 2.32. The van der Waals surface area contributed by atoms with Crippen LogP contribution < -0.4 is 0 Å². The summed E-state index contributed by atoms with van der Waals surface area (Å²) in [6.45, 7) is 9.83. The molecule has 0 aromatic carbocycles. The van der Waals surface area contributed by atoms with E-state index in [0.29, 0.717) is 6.61 Å². The molecule has 0 aliphatic carbocycles. The lowest BCUT2D eigenvalue weighted by molar-refractivity contribution is -0.0567. The van der Waals surface area contributed by atoms with Crippen LogP contribution in [0.5, 0.6) is 0 Å². The standard InChI is InChI=1S/C15H27NO3S2/c1-14(2,3)19-13(17)16-12(10-18-15(16,4)5)11-21-9-7-8-20-6/h11H,7-10H2,1-6H3/b12-11+. The first-order valence-electron chi connectivity index (χ1n) is 7.14. The Kier molecular flexibility index (Phi) is 6.94. The molecule has 21 heavy (non-hydrogen) atoms. The van der Waals surface area contributed by atoms with Gasteiger partial charge in [0.05, 0.1) is 12.3 Å². The number of hydrogen-bond donors (Lipinski definition) is 0. The van der Waals surface area contributed by atoms with Crippen LogP contribution in [-0.4, -0.2) is 46.7 Å². The molecule has 1 amide bonds. The molecule has 0 N–H and O–H groups in total. The van der Waals surface area contributed by atoms with E-state index in [4.69, 9.17) is 9.47 Å². The largest absolute Gasteiger partial charge is 0.443 e. The summed E-state index contributed by atoms with van der Waals surface area (Å²) in [7, 11) is 0. The highest BCUT2D eigenvalue weighted by molar-refractivity contribution is 8.02. The molecule has 0 atom stereocenters. The van der Waals surface area contributed by atoms with Gasteiger partial charge in [0, 0.05) is 0 Å².